The maximum atomic E-state index is 5.56. The van der Waals surface area contributed by atoms with Crippen molar-refractivity contribution < 1.29 is 4.74 Å². The van der Waals surface area contributed by atoms with Crippen LogP contribution in [0.4, 0.5) is 0 Å². The third-order valence-electron chi connectivity index (χ3n) is 6.16. The summed E-state index contributed by atoms with van der Waals surface area (Å²) in [4.78, 5) is 6.83. The first-order valence-corrected chi connectivity index (χ1v) is 10.3. The topological polar surface area (TPSA) is 15.7 Å². The summed E-state index contributed by atoms with van der Waals surface area (Å²) in [5.74, 6) is 0. The third kappa shape index (κ3) is 3.98. The maximum absolute atomic E-state index is 5.56. The molecule has 1 aromatic rings. The highest BCUT2D eigenvalue weighted by Crippen LogP contribution is 2.40. The van der Waals surface area contributed by atoms with Crippen molar-refractivity contribution >= 4 is 11.3 Å². The molecule has 4 rings (SSSR count). The van der Waals surface area contributed by atoms with Gasteiger partial charge in [-0.3, -0.25) is 9.80 Å². The van der Waals surface area contributed by atoms with Gasteiger partial charge in [0.2, 0.25) is 0 Å². The van der Waals surface area contributed by atoms with Gasteiger partial charge in [0.15, 0.2) is 0 Å². The van der Waals surface area contributed by atoms with Crippen molar-refractivity contribution in [3.63, 3.8) is 0 Å². The number of piperidine rings is 1. The van der Waals surface area contributed by atoms with Gasteiger partial charge < -0.3 is 4.74 Å². The molecular formula is C19H30N2OS. The van der Waals surface area contributed by atoms with E-state index < -0.39 is 0 Å². The van der Waals surface area contributed by atoms with Gasteiger partial charge >= 0.3 is 0 Å². The molecule has 0 aromatic carbocycles. The van der Waals surface area contributed by atoms with Gasteiger partial charge in [0.05, 0.1) is 0 Å². The Hall–Kier alpha value is -0.420. The van der Waals surface area contributed by atoms with Crippen molar-refractivity contribution in [3.05, 3.63) is 21.9 Å². The molecule has 3 saturated heterocycles. The lowest BCUT2D eigenvalue weighted by Crippen LogP contribution is -2.42. The van der Waals surface area contributed by atoms with Crippen molar-refractivity contribution in [3.8, 4) is 0 Å². The zero-order valence-corrected chi connectivity index (χ0v) is 15.1. The number of hydrogen-bond donors (Lipinski definition) is 0. The van der Waals surface area contributed by atoms with Crippen LogP contribution in [-0.2, 0) is 17.8 Å². The average Bonchev–Trinajstić information content (AvgIpc) is 3.24. The van der Waals surface area contributed by atoms with Crippen LogP contribution in [0.15, 0.2) is 11.4 Å². The summed E-state index contributed by atoms with van der Waals surface area (Å²) in [6.07, 6.45) is 8.11. The molecule has 0 bridgehead atoms. The maximum Gasteiger partial charge on any atom is 0.0471 e. The Bertz CT molecular complexity index is 493. The standard InChI is InChI=1S/C19H30N2OS/c1-2-8-20(7-1)14-17-13-18(23-16-17)15-21-9-3-19(4-10-21)5-11-22-12-6-19/h13,16H,1-12,14-15H2. The quantitative estimate of drug-likeness (QED) is 0.834. The molecule has 4 heterocycles. The molecule has 1 aromatic heterocycles. The molecule has 0 N–H and O–H groups in total. The number of nitrogens with zero attached hydrogens (tertiary/aromatic N) is 2. The zero-order chi connectivity index (χ0) is 15.5. The summed E-state index contributed by atoms with van der Waals surface area (Å²) in [5.41, 5.74) is 2.15. The van der Waals surface area contributed by atoms with Gasteiger partial charge in [0, 0.05) is 31.2 Å². The van der Waals surface area contributed by atoms with E-state index in [9.17, 15) is 0 Å². The Kier molecular flexibility index (Phi) is 5.04. The normalized spacial score (nSPS) is 26.1. The molecule has 0 aliphatic carbocycles. The van der Waals surface area contributed by atoms with Gasteiger partial charge in [-0.25, -0.2) is 0 Å². The van der Waals surface area contributed by atoms with E-state index in [-0.39, 0.29) is 0 Å². The van der Waals surface area contributed by atoms with Crippen molar-refractivity contribution in [2.75, 3.05) is 39.4 Å². The van der Waals surface area contributed by atoms with E-state index in [1.54, 1.807) is 4.88 Å². The lowest BCUT2D eigenvalue weighted by molar-refractivity contribution is -0.0216. The SMILES string of the molecule is c1sc(CN2CCC3(CCOCC3)CC2)cc1CN1CCCC1. The molecule has 0 radical (unpaired) electrons. The summed E-state index contributed by atoms with van der Waals surface area (Å²) in [5, 5.41) is 2.39. The highest BCUT2D eigenvalue weighted by atomic mass is 32.1. The number of thiophene rings is 1. The van der Waals surface area contributed by atoms with Crippen LogP contribution in [0, 0.1) is 5.41 Å². The van der Waals surface area contributed by atoms with Gasteiger partial charge in [-0.2, -0.15) is 0 Å². The third-order valence-corrected chi connectivity index (χ3v) is 7.13. The van der Waals surface area contributed by atoms with E-state index in [4.69, 9.17) is 4.74 Å². The molecule has 0 atom stereocenters. The smallest absolute Gasteiger partial charge is 0.0471 e. The molecule has 0 amide bonds. The molecular weight excluding hydrogens is 304 g/mol. The number of likely N-dealkylation sites (tertiary alicyclic amines) is 2. The van der Waals surface area contributed by atoms with Crippen LogP contribution in [-0.4, -0.2) is 49.2 Å². The van der Waals surface area contributed by atoms with E-state index in [1.165, 1.54) is 76.8 Å². The minimum absolute atomic E-state index is 0.616. The van der Waals surface area contributed by atoms with E-state index in [1.807, 2.05) is 11.3 Å². The fourth-order valence-electron chi connectivity index (χ4n) is 4.50. The molecule has 3 aliphatic rings. The van der Waals surface area contributed by atoms with Crippen LogP contribution in [0.25, 0.3) is 0 Å². The largest absolute Gasteiger partial charge is 0.381 e. The molecule has 128 valence electrons. The Labute approximate surface area is 144 Å². The highest BCUT2D eigenvalue weighted by Gasteiger charge is 2.35. The van der Waals surface area contributed by atoms with E-state index in [0.29, 0.717) is 5.41 Å². The molecule has 3 nitrogen and oxygen atoms in total. The van der Waals surface area contributed by atoms with Crippen LogP contribution < -0.4 is 0 Å². The van der Waals surface area contributed by atoms with E-state index in [0.717, 1.165) is 19.8 Å². The number of ether oxygens (including phenoxy) is 1. The predicted molar refractivity (Wildman–Crippen MR) is 95.8 cm³/mol. The number of hydrogen-bond acceptors (Lipinski definition) is 4. The van der Waals surface area contributed by atoms with Crippen molar-refractivity contribution in [2.24, 2.45) is 5.41 Å². The van der Waals surface area contributed by atoms with Gasteiger partial charge in [-0.15, -0.1) is 11.3 Å². The first-order valence-electron chi connectivity index (χ1n) is 9.40. The zero-order valence-electron chi connectivity index (χ0n) is 14.3. The fraction of sp³-hybridized carbons (Fsp3) is 0.789. The van der Waals surface area contributed by atoms with Crippen molar-refractivity contribution in [1.29, 1.82) is 0 Å². The van der Waals surface area contributed by atoms with Gasteiger partial charge in [-0.1, -0.05) is 0 Å². The summed E-state index contributed by atoms with van der Waals surface area (Å²) in [7, 11) is 0. The van der Waals surface area contributed by atoms with E-state index >= 15 is 0 Å². The second-order valence-electron chi connectivity index (χ2n) is 7.79. The predicted octanol–water partition coefficient (Wildman–Crippen LogP) is 3.74. The molecule has 3 fully saturated rings. The van der Waals surface area contributed by atoms with E-state index in [2.05, 4.69) is 21.2 Å². The Morgan fingerprint density at radius 1 is 0.913 bits per heavy atom. The van der Waals surface area contributed by atoms with Crippen molar-refractivity contribution in [1.82, 2.24) is 9.80 Å². The summed E-state index contributed by atoms with van der Waals surface area (Å²) in [6, 6.07) is 2.46. The molecule has 23 heavy (non-hydrogen) atoms. The van der Waals surface area contributed by atoms with Gasteiger partial charge in [0.25, 0.3) is 0 Å². The molecule has 0 saturated carbocycles. The molecule has 4 heteroatoms. The van der Waals surface area contributed by atoms with Crippen LogP contribution in [0.2, 0.25) is 0 Å². The minimum Gasteiger partial charge on any atom is -0.381 e. The number of rotatable bonds is 4. The summed E-state index contributed by atoms with van der Waals surface area (Å²) in [6.45, 7) is 9.46. The first kappa shape index (κ1) is 16.1. The second kappa shape index (κ2) is 7.22. The van der Waals surface area contributed by atoms with Gasteiger partial charge in [-0.05, 0) is 87.1 Å². The lowest BCUT2D eigenvalue weighted by atomic mass is 9.72. The Morgan fingerprint density at radius 2 is 1.61 bits per heavy atom. The molecule has 3 aliphatic heterocycles. The fourth-order valence-corrected chi connectivity index (χ4v) is 5.42. The Morgan fingerprint density at radius 3 is 2.35 bits per heavy atom. The summed E-state index contributed by atoms with van der Waals surface area (Å²) < 4.78 is 5.56. The van der Waals surface area contributed by atoms with Crippen LogP contribution in [0.3, 0.4) is 0 Å². The monoisotopic (exact) mass is 334 g/mol. The highest BCUT2D eigenvalue weighted by molar-refractivity contribution is 7.10. The first-order chi connectivity index (χ1) is 11.3. The molecule has 0 unspecified atom stereocenters. The van der Waals surface area contributed by atoms with Crippen LogP contribution in [0.5, 0.6) is 0 Å². The van der Waals surface area contributed by atoms with Crippen LogP contribution in [0.1, 0.15) is 49.0 Å². The molecule has 1 spiro atoms. The average molecular weight is 335 g/mol. The minimum atomic E-state index is 0.616. The summed E-state index contributed by atoms with van der Waals surface area (Å²) >= 11 is 1.97. The van der Waals surface area contributed by atoms with Crippen LogP contribution >= 0.6 is 11.3 Å². The Balaban J connectivity index is 1.27. The lowest BCUT2D eigenvalue weighted by Gasteiger charge is -2.44. The second-order valence-corrected chi connectivity index (χ2v) is 8.79. The van der Waals surface area contributed by atoms with Crippen molar-refractivity contribution in [2.45, 2.75) is 51.6 Å². The van der Waals surface area contributed by atoms with Gasteiger partial charge in [0.1, 0.15) is 0 Å².